The summed E-state index contributed by atoms with van der Waals surface area (Å²) < 4.78 is 5.70. The first kappa shape index (κ1) is 14.7. The van der Waals surface area contributed by atoms with Gasteiger partial charge in [0, 0.05) is 32.4 Å². The molecule has 0 saturated carbocycles. The molecule has 5 heteroatoms. The SMILES string of the molecule is CN1CCN(CCOc2ccc(N)cc2)C(C)(C)C1=O. The summed E-state index contributed by atoms with van der Waals surface area (Å²) in [5, 5.41) is 0. The molecule has 0 spiro atoms. The Bertz CT molecular complexity index is 471. The lowest BCUT2D eigenvalue weighted by Crippen LogP contribution is -2.62. The van der Waals surface area contributed by atoms with Crippen LogP contribution in [0.4, 0.5) is 5.69 Å². The van der Waals surface area contributed by atoms with Crippen LogP contribution in [-0.2, 0) is 4.79 Å². The minimum Gasteiger partial charge on any atom is -0.492 e. The van der Waals surface area contributed by atoms with Crippen molar-refractivity contribution in [1.29, 1.82) is 0 Å². The van der Waals surface area contributed by atoms with Gasteiger partial charge in [0.1, 0.15) is 12.4 Å². The molecule has 0 aliphatic carbocycles. The van der Waals surface area contributed by atoms with Gasteiger partial charge in [-0.25, -0.2) is 0 Å². The summed E-state index contributed by atoms with van der Waals surface area (Å²) in [5.74, 6) is 0.966. The Morgan fingerprint density at radius 2 is 1.90 bits per heavy atom. The van der Waals surface area contributed by atoms with Crippen molar-refractivity contribution in [2.24, 2.45) is 0 Å². The number of carbonyl (C=O) groups is 1. The van der Waals surface area contributed by atoms with E-state index in [1.165, 1.54) is 0 Å². The number of nitrogens with two attached hydrogens (primary N) is 1. The lowest BCUT2D eigenvalue weighted by molar-refractivity contribution is -0.147. The second kappa shape index (κ2) is 5.71. The van der Waals surface area contributed by atoms with Crippen LogP contribution in [0.25, 0.3) is 0 Å². The van der Waals surface area contributed by atoms with Crippen molar-refractivity contribution in [2.45, 2.75) is 19.4 Å². The average Bonchev–Trinajstić information content (AvgIpc) is 2.41. The van der Waals surface area contributed by atoms with Crippen LogP contribution in [-0.4, -0.2) is 54.5 Å². The molecular weight excluding hydrogens is 254 g/mol. The number of likely N-dealkylation sites (N-methyl/N-ethyl adjacent to an activating group) is 1. The highest BCUT2D eigenvalue weighted by Gasteiger charge is 2.39. The largest absolute Gasteiger partial charge is 0.492 e. The number of benzene rings is 1. The monoisotopic (exact) mass is 277 g/mol. The lowest BCUT2D eigenvalue weighted by Gasteiger charge is -2.44. The molecule has 1 aromatic rings. The third-order valence-corrected chi connectivity index (χ3v) is 3.88. The number of nitrogen functional groups attached to an aromatic ring is 1. The zero-order valence-electron chi connectivity index (χ0n) is 12.4. The van der Waals surface area contributed by atoms with E-state index in [-0.39, 0.29) is 5.91 Å². The average molecular weight is 277 g/mol. The van der Waals surface area contributed by atoms with Gasteiger partial charge in [-0.1, -0.05) is 0 Å². The Balaban J connectivity index is 1.87. The van der Waals surface area contributed by atoms with Crippen LogP contribution < -0.4 is 10.5 Å². The molecule has 2 N–H and O–H groups in total. The van der Waals surface area contributed by atoms with E-state index in [4.69, 9.17) is 10.5 Å². The molecule has 0 bridgehead atoms. The number of nitrogens with zero attached hydrogens (tertiary/aromatic N) is 2. The maximum Gasteiger partial charge on any atom is 0.242 e. The van der Waals surface area contributed by atoms with Crippen molar-refractivity contribution in [3.63, 3.8) is 0 Å². The highest BCUT2D eigenvalue weighted by atomic mass is 16.5. The first-order valence-electron chi connectivity index (χ1n) is 6.90. The van der Waals surface area contributed by atoms with Crippen molar-refractivity contribution in [3.05, 3.63) is 24.3 Å². The van der Waals surface area contributed by atoms with Gasteiger partial charge in [-0.05, 0) is 38.1 Å². The summed E-state index contributed by atoms with van der Waals surface area (Å²) in [5.41, 5.74) is 5.89. The van der Waals surface area contributed by atoms with Crippen molar-refractivity contribution >= 4 is 11.6 Å². The Morgan fingerprint density at radius 1 is 1.25 bits per heavy atom. The van der Waals surface area contributed by atoms with E-state index in [0.717, 1.165) is 31.1 Å². The van der Waals surface area contributed by atoms with Crippen LogP contribution in [0.2, 0.25) is 0 Å². The fraction of sp³-hybridized carbons (Fsp3) is 0.533. The van der Waals surface area contributed by atoms with Crippen LogP contribution in [0.5, 0.6) is 5.75 Å². The van der Waals surface area contributed by atoms with Gasteiger partial charge in [0.05, 0.1) is 5.54 Å². The highest BCUT2D eigenvalue weighted by Crippen LogP contribution is 2.21. The summed E-state index contributed by atoms with van der Waals surface area (Å²) in [6.07, 6.45) is 0. The predicted octanol–water partition coefficient (Wildman–Crippen LogP) is 1.20. The standard InChI is InChI=1S/C15H23N3O2/c1-15(2)14(19)17(3)8-9-18(15)10-11-20-13-6-4-12(16)5-7-13/h4-7H,8-11,16H2,1-3H3. The molecule has 1 fully saturated rings. The molecule has 1 heterocycles. The predicted molar refractivity (Wildman–Crippen MR) is 79.6 cm³/mol. The molecule has 20 heavy (non-hydrogen) atoms. The topological polar surface area (TPSA) is 58.8 Å². The smallest absolute Gasteiger partial charge is 0.242 e. The van der Waals surface area contributed by atoms with E-state index < -0.39 is 5.54 Å². The number of hydrogen-bond acceptors (Lipinski definition) is 4. The van der Waals surface area contributed by atoms with Gasteiger partial charge in [0.15, 0.2) is 0 Å². The van der Waals surface area contributed by atoms with Crippen LogP contribution in [0.1, 0.15) is 13.8 Å². The maximum atomic E-state index is 12.2. The van der Waals surface area contributed by atoms with Crippen molar-refractivity contribution < 1.29 is 9.53 Å². The first-order chi connectivity index (χ1) is 9.41. The van der Waals surface area contributed by atoms with E-state index >= 15 is 0 Å². The van der Waals surface area contributed by atoms with E-state index in [9.17, 15) is 4.79 Å². The van der Waals surface area contributed by atoms with Gasteiger partial charge in [-0.3, -0.25) is 9.69 Å². The number of carbonyl (C=O) groups excluding carboxylic acids is 1. The van der Waals surface area contributed by atoms with E-state index in [2.05, 4.69) is 4.90 Å². The highest BCUT2D eigenvalue weighted by molar-refractivity contribution is 5.86. The van der Waals surface area contributed by atoms with Gasteiger partial charge >= 0.3 is 0 Å². The summed E-state index contributed by atoms with van der Waals surface area (Å²) in [6.45, 7) is 6.87. The second-order valence-corrected chi connectivity index (χ2v) is 5.69. The Kier molecular flexibility index (Phi) is 4.18. The number of piperazine rings is 1. The van der Waals surface area contributed by atoms with Gasteiger partial charge in [0.25, 0.3) is 0 Å². The fourth-order valence-electron chi connectivity index (χ4n) is 2.48. The van der Waals surface area contributed by atoms with Gasteiger partial charge in [-0.15, -0.1) is 0 Å². The zero-order chi connectivity index (χ0) is 14.8. The quantitative estimate of drug-likeness (QED) is 0.840. The maximum absolute atomic E-state index is 12.2. The third-order valence-electron chi connectivity index (χ3n) is 3.88. The molecule has 0 atom stereocenters. The van der Waals surface area contributed by atoms with Crippen LogP contribution >= 0.6 is 0 Å². The lowest BCUT2D eigenvalue weighted by atomic mass is 9.98. The third kappa shape index (κ3) is 3.04. The summed E-state index contributed by atoms with van der Waals surface area (Å²) >= 11 is 0. The van der Waals surface area contributed by atoms with Crippen molar-refractivity contribution in [2.75, 3.05) is 39.0 Å². The number of ether oxygens (including phenoxy) is 1. The molecule has 1 aromatic carbocycles. The summed E-state index contributed by atoms with van der Waals surface area (Å²) in [7, 11) is 1.85. The van der Waals surface area contributed by atoms with Crippen molar-refractivity contribution in [1.82, 2.24) is 9.80 Å². The summed E-state index contributed by atoms with van der Waals surface area (Å²) in [6, 6.07) is 7.35. The van der Waals surface area contributed by atoms with E-state index in [1.807, 2.05) is 45.2 Å². The molecule has 1 saturated heterocycles. The minimum atomic E-state index is -0.461. The van der Waals surface area contributed by atoms with Gasteiger partial charge in [0.2, 0.25) is 5.91 Å². The first-order valence-corrected chi connectivity index (χ1v) is 6.90. The number of amides is 1. The Morgan fingerprint density at radius 3 is 2.55 bits per heavy atom. The molecule has 0 unspecified atom stereocenters. The molecule has 0 aromatic heterocycles. The fourth-order valence-corrected chi connectivity index (χ4v) is 2.48. The Hall–Kier alpha value is -1.75. The van der Waals surface area contributed by atoms with Crippen LogP contribution in [0, 0.1) is 0 Å². The number of anilines is 1. The zero-order valence-corrected chi connectivity index (χ0v) is 12.4. The molecule has 0 radical (unpaired) electrons. The molecule has 2 rings (SSSR count). The molecule has 1 amide bonds. The van der Waals surface area contributed by atoms with Crippen LogP contribution in [0.15, 0.2) is 24.3 Å². The van der Waals surface area contributed by atoms with Gasteiger partial charge in [-0.2, -0.15) is 0 Å². The number of rotatable bonds is 4. The summed E-state index contributed by atoms with van der Waals surface area (Å²) in [4.78, 5) is 16.1. The van der Waals surface area contributed by atoms with E-state index in [1.54, 1.807) is 4.90 Å². The van der Waals surface area contributed by atoms with Crippen molar-refractivity contribution in [3.8, 4) is 5.75 Å². The molecular formula is C15H23N3O2. The molecule has 110 valence electrons. The van der Waals surface area contributed by atoms with E-state index in [0.29, 0.717) is 6.61 Å². The molecule has 5 nitrogen and oxygen atoms in total. The van der Waals surface area contributed by atoms with Crippen LogP contribution in [0.3, 0.4) is 0 Å². The molecule has 1 aliphatic heterocycles. The minimum absolute atomic E-state index is 0.163. The van der Waals surface area contributed by atoms with Gasteiger partial charge < -0.3 is 15.4 Å². The Labute approximate surface area is 120 Å². The normalized spacial score (nSPS) is 19.1. The number of hydrogen-bond donors (Lipinski definition) is 1. The second-order valence-electron chi connectivity index (χ2n) is 5.69. The molecule has 1 aliphatic rings.